The molecular weight excluding hydrogens is 242 g/mol. The normalized spacial score (nSPS) is 11.4. The number of amides is 3. The van der Waals surface area contributed by atoms with Crippen LogP contribution in [0.2, 0.25) is 0 Å². The maximum Gasteiger partial charge on any atom is 0.404 e. The SMILES string of the molecule is CC(CCCNC(=O)NCCOC(N)=O)C(=O)O. The van der Waals surface area contributed by atoms with Crippen LogP contribution in [0.1, 0.15) is 19.8 Å². The number of carbonyl (C=O) groups is 3. The summed E-state index contributed by atoms with van der Waals surface area (Å²) in [5.41, 5.74) is 4.72. The minimum absolute atomic E-state index is 0.0127. The fourth-order valence-electron chi connectivity index (χ4n) is 1.11. The maximum atomic E-state index is 11.2. The van der Waals surface area contributed by atoms with E-state index in [-0.39, 0.29) is 13.2 Å². The number of hydrogen-bond acceptors (Lipinski definition) is 4. The van der Waals surface area contributed by atoms with E-state index in [2.05, 4.69) is 15.4 Å². The lowest BCUT2D eigenvalue weighted by molar-refractivity contribution is -0.141. The number of rotatable bonds is 8. The first-order valence-corrected chi connectivity index (χ1v) is 5.60. The molecule has 18 heavy (non-hydrogen) atoms. The Balaban J connectivity index is 3.42. The Morgan fingerprint density at radius 1 is 1.28 bits per heavy atom. The van der Waals surface area contributed by atoms with Gasteiger partial charge in [0.15, 0.2) is 0 Å². The molecule has 0 rings (SSSR count). The van der Waals surface area contributed by atoms with Gasteiger partial charge >= 0.3 is 18.1 Å². The Kier molecular flexibility index (Phi) is 8.08. The van der Waals surface area contributed by atoms with Gasteiger partial charge in [0.05, 0.1) is 12.5 Å². The zero-order valence-electron chi connectivity index (χ0n) is 10.3. The largest absolute Gasteiger partial charge is 0.481 e. The molecule has 0 aliphatic carbocycles. The first-order valence-electron chi connectivity index (χ1n) is 5.60. The Labute approximate surface area is 105 Å². The molecule has 0 saturated heterocycles. The van der Waals surface area contributed by atoms with E-state index in [1.54, 1.807) is 6.92 Å². The van der Waals surface area contributed by atoms with E-state index in [4.69, 9.17) is 10.8 Å². The fourth-order valence-corrected chi connectivity index (χ4v) is 1.11. The van der Waals surface area contributed by atoms with Gasteiger partial charge in [0.2, 0.25) is 0 Å². The molecule has 0 saturated carbocycles. The first-order chi connectivity index (χ1) is 8.43. The van der Waals surface area contributed by atoms with Crippen LogP contribution in [-0.2, 0) is 9.53 Å². The van der Waals surface area contributed by atoms with E-state index in [9.17, 15) is 14.4 Å². The lowest BCUT2D eigenvalue weighted by Gasteiger charge is -2.08. The van der Waals surface area contributed by atoms with Crippen molar-refractivity contribution in [2.75, 3.05) is 19.7 Å². The average Bonchev–Trinajstić information content (AvgIpc) is 2.29. The van der Waals surface area contributed by atoms with Crippen LogP contribution in [0.25, 0.3) is 0 Å². The molecule has 0 aliphatic heterocycles. The second-order valence-electron chi connectivity index (χ2n) is 3.73. The van der Waals surface area contributed by atoms with Crippen molar-refractivity contribution in [2.45, 2.75) is 19.8 Å². The van der Waals surface area contributed by atoms with Gasteiger partial charge in [-0.3, -0.25) is 4.79 Å². The van der Waals surface area contributed by atoms with Crippen LogP contribution in [0.15, 0.2) is 0 Å². The number of urea groups is 1. The van der Waals surface area contributed by atoms with Gasteiger partial charge in [-0.2, -0.15) is 0 Å². The highest BCUT2D eigenvalue weighted by Crippen LogP contribution is 2.03. The predicted molar refractivity (Wildman–Crippen MR) is 63.0 cm³/mol. The summed E-state index contributed by atoms with van der Waals surface area (Å²) in [5.74, 6) is -1.26. The number of carbonyl (C=O) groups excluding carboxylic acids is 2. The quantitative estimate of drug-likeness (QED) is 0.452. The topological polar surface area (TPSA) is 131 Å². The Bertz CT molecular complexity index is 295. The monoisotopic (exact) mass is 261 g/mol. The molecule has 5 N–H and O–H groups in total. The predicted octanol–water partition coefficient (Wildman–Crippen LogP) is -0.118. The van der Waals surface area contributed by atoms with Crippen molar-refractivity contribution in [3.05, 3.63) is 0 Å². The highest BCUT2D eigenvalue weighted by Gasteiger charge is 2.09. The molecule has 104 valence electrons. The van der Waals surface area contributed by atoms with Crippen LogP contribution in [0, 0.1) is 5.92 Å². The third kappa shape index (κ3) is 9.25. The average molecular weight is 261 g/mol. The summed E-state index contributed by atoms with van der Waals surface area (Å²) in [5, 5.41) is 13.6. The van der Waals surface area contributed by atoms with Crippen molar-refractivity contribution in [2.24, 2.45) is 11.7 Å². The molecular formula is C10H19N3O5. The maximum absolute atomic E-state index is 11.2. The molecule has 0 bridgehead atoms. The molecule has 0 aromatic heterocycles. The second kappa shape index (κ2) is 9.08. The van der Waals surface area contributed by atoms with Crippen molar-refractivity contribution < 1.29 is 24.2 Å². The zero-order chi connectivity index (χ0) is 14.0. The van der Waals surface area contributed by atoms with E-state index in [1.807, 2.05) is 0 Å². The van der Waals surface area contributed by atoms with E-state index < -0.39 is 24.0 Å². The standard InChI is InChI=1S/C10H19N3O5/c1-7(8(14)15)3-2-4-12-10(17)13-5-6-18-9(11)16/h7H,2-6H2,1H3,(H2,11,16)(H,14,15)(H2,12,13,17). The van der Waals surface area contributed by atoms with Crippen LogP contribution >= 0.6 is 0 Å². The van der Waals surface area contributed by atoms with Crippen LogP contribution < -0.4 is 16.4 Å². The van der Waals surface area contributed by atoms with Crippen molar-refractivity contribution >= 4 is 18.1 Å². The summed E-state index contributed by atoms with van der Waals surface area (Å²) in [4.78, 5) is 31.9. The highest BCUT2D eigenvalue weighted by atomic mass is 16.5. The van der Waals surface area contributed by atoms with Gasteiger partial charge < -0.3 is 26.2 Å². The molecule has 1 atom stereocenters. The van der Waals surface area contributed by atoms with E-state index in [0.29, 0.717) is 19.4 Å². The van der Waals surface area contributed by atoms with Crippen LogP contribution in [0.4, 0.5) is 9.59 Å². The fraction of sp³-hybridized carbons (Fsp3) is 0.700. The van der Waals surface area contributed by atoms with Gasteiger partial charge in [0.25, 0.3) is 0 Å². The number of primary amides is 1. The Hall–Kier alpha value is -1.99. The third-order valence-electron chi connectivity index (χ3n) is 2.15. The van der Waals surface area contributed by atoms with Crippen LogP contribution in [-0.4, -0.2) is 42.9 Å². The summed E-state index contributed by atoms with van der Waals surface area (Å²) in [6.45, 7) is 2.18. The molecule has 8 nitrogen and oxygen atoms in total. The highest BCUT2D eigenvalue weighted by molar-refractivity contribution is 5.73. The van der Waals surface area contributed by atoms with Gasteiger partial charge in [0.1, 0.15) is 6.61 Å². The minimum Gasteiger partial charge on any atom is -0.481 e. The van der Waals surface area contributed by atoms with Crippen molar-refractivity contribution in [3.63, 3.8) is 0 Å². The van der Waals surface area contributed by atoms with Crippen molar-refractivity contribution in [3.8, 4) is 0 Å². The summed E-state index contributed by atoms with van der Waals surface area (Å²) < 4.78 is 4.41. The van der Waals surface area contributed by atoms with Crippen molar-refractivity contribution in [1.82, 2.24) is 10.6 Å². The zero-order valence-corrected chi connectivity index (χ0v) is 10.3. The molecule has 0 aromatic carbocycles. The molecule has 0 spiro atoms. The molecule has 0 radical (unpaired) electrons. The number of ether oxygens (including phenoxy) is 1. The number of carboxylic acids is 1. The molecule has 0 fully saturated rings. The minimum atomic E-state index is -0.889. The summed E-state index contributed by atoms with van der Waals surface area (Å²) in [6, 6.07) is -0.397. The van der Waals surface area contributed by atoms with Gasteiger partial charge in [-0.15, -0.1) is 0 Å². The van der Waals surface area contributed by atoms with Gasteiger partial charge in [-0.05, 0) is 12.8 Å². The smallest absolute Gasteiger partial charge is 0.404 e. The molecule has 8 heteroatoms. The summed E-state index contributed by atoms with van der Waals surface area (Å²) in [6.07, 6.45) is 0.193. The van der Waals surface area contributed by atoms with Gasteiger partial charge in [0, 0.05) is 6.54 Å². The van der Waals surface area contributed by atoms with Crippen molar-refractivity contribution in [1.29, 1.82) is 0 Å². The van der Waals surface area contributed by atoms with Crippen LogP contribution in [0.3, 0.4) is 0 Å². The number of nitrogens with two attached hydrogens (primary N) is 1. The van der Waals surface area contributed by atoms with E-state index in [0.717, 1.165) is 0 Å². The van der Waals surface area contributed by atoms with Gasteiger partial charge in [-0.1, -0.05) is 6.92 Å². The molecule has 0 aliphatic rings. The van der Waals surface area contributed by atoms with E-state index in [1.165, 1.54) is 0 Å². The lowest BCUT2D eigenvalue weighted by Crippen LogP contribution is -2.38. The number of nitrogens with one attached hydrogen (secondary N) is 2. The Morgan fingerprint density at radius 2 is 1.89 bits per heavy atom. The molecule has 0 heterocycles. The molecule has 0 aromatic rings. The number of aliphatic carboxylic acids is 1. The molecule has 1 unspecified atom stereocenters. The summed E-state index contributed by atoms with van der Waals surface area (Å²) >= 11 is 0. The van der Waals surface area contributed by atoms with Gasteiger partial charge in [-0.25, -0.2) is 9.59 Å². The second-order valence-corrected chi connectivity index (χ2v) is 3.73. The number of carboxylic acid groups (broad SMARTS) is 1. The molecule has 3 amide bonds. The Morgan fingerprint density at radius 3 is 2.44 bits per heavy atom. The van der Waals surface area contributed by atoms with E-state index >= 15 is 0 Å². The lowest BCUT2D eigenvalue weighted by atomic mass is 10.1. The van der Waals surface area contributed by atoms with Crippen LogP contribution in [0.5, 0.6) is 0 Å². The first kappa shape index (κ1) is 16.0. The third-order valence-corrected chi connectivity index (χ3v) is 2.15. The number of hydrogen-bond donors (Lipinski definition) is 4. The summed E-state index contributed by atoms with van der Waals surface area (Å²) in [7, 11) is 0.